The minimum absolute atomic E-state index is 0.574. The van der Waals surface area contributed by atoms with E-state index in [1.807, 2.05) is 6.07 Å². The zero-order chi connectivity index (χ0) is 10.4. The van der Waals surface area contributed by atoms with Gasteiger partial charge in [-0.05, 0) is 17.7 Å². The smallest absolute Gasteiger partial charge is 0.332 e. The second kappa shape index (κ2) is 4.62. The first-order chi connectivity index (χ1) is 6.72. The Balaban J connectivity index is 2.65. The minimum atomic E-state index is -0.713. The Bertz CT molecular complexity index is 388. The van der Waals surface area contributed by atoms with Gasteiger partial charge in [-0.15, -0.1) is 0 Å². The average molecular weight is 188 g/mol. The molecule has 0 aromatic heterocycles. The van der Waals surface area contributed by atoms with Crippen LogP contribution in [0.25, 0.3) is 0 Å². The van der Waals surface area contributed by atoms with E-state index in [9.17, 15) is 4.79 Å². The summed E-state index contributed by atoms with van der Waals surface area (Å²) in [6.07, 6.45) is 1.44. The zero-order valence-electron chi connectivity index (χ0n) is 7.27. The van der Waals surface area contributed by atoms with Crippen LogP contribution in [0.3, 0.4) is 0 Å². The highest BCUT2D eigenvalue weighted by atomic mass is 16.2. The quantitative estimate of drug-likeness (QED) is 0.524. The van der Waals surface area contributed by atoms with Gasteiger partial charge in [-0.1, -0.05) is 12.1 Å². The number of benzene rings is 1. The summed E-state index contributed by atoms with van der Waals surface area (Å²) in [5.74, 6) is 0. The van der Waals surface area contributed by atoms with Crippen LogP contribution in [0, 0.1) is 11.3 Å². The van der Waals surface area contributed by atoms with Crippen molar-refractivity contribution in [3.63, 3.8) is 0 Å². The SMILES string of the molecule is N#Cc1ccc(/C=N\NC(N)=O)cc1. The van der Waals surface area contributed by atoms with Gasteiger partial charge in [-0.3, -0.25) is 0 Å². The van der Waals surface area contributed by atoms with Crippen LogP contribution < -0.4 is 11.2 Å². The predicted octanol–water partition coefficient (Wildman–Crippen LogP) is 0.560. The minimum Gasteiger partial charge on any atom is -0.350 e. The monoisotopic (exact) mass is 188 g/mol. The molecule has 3 N–H and O–H groups in total. The second-order valence-electron chi connectivity index (χ2n) is 2.47. The largest absolute Gasteiger partial charge is 0.350 e. The van der Waals surface area contributed by atoms with Crippen LogP contribution in [0.5, 0.6) is 0 Å². The lowest BCUT2D eigenvalue weighted by atomic mass is 10.2. The molecule has 0 unspecified atom stereocenters. The fourth-order valence-electron chi connectivity index (χ4n) is 0.814. The van der Waals surface area contributed by atoms with Gasteiger partial charge in [0, 0.05) is 0 Å². The normalized spacial score (nSPS) is 9.64. The van der Waals surface area contributed by atoms with Crippen molar-refractivity contribution in [3.8, 4) is 6.07 Å². The van der Waals surface area contributed by atoms with E-state index >= 15 is 0 Å². The molecule has 5 heteroatoms. The number of amides is 2. The second-order valence-corrected chi connectivity index (χ2v) is 2.47. The van der Waals surface area contributed by atoms with Gasteiger partial charge in [0.1, 0.15) is 0 Å². The molecule has 0 atom stereocenters. The molecule has 0 saturated heterocycles. The molecule has 5 nitrogen and oxygen atoms in total. The molecule has 1 aromatic rings. The van der Waals surface area contributed by atoms with Crippen molar-refractivity contribution in [3.05, 3.63) is 35.4 Å². The first kappa shape index (κ1) is 9.74. The number of carbonyl (C=O) groups is 1. The number of rotatable bonds is 2. The molecule has 0 aliphatic rings. The molecule has 14 heavy (non-hydrogen) atoms. The summed E-state index contributed by atoms with van der Waals surface area (Å²) in [6.45, 7) is 0. The maximum absolute atomic E-state index is 10.2. The van der Waals surface area contributed by atoms with Crippen LogP contribution in [-0.2, 0) is 0 Å². The summed E-state index contributed by atoms with van der Waals surface area (Å²) in [6, 6.07) is 8.02. The molecule has 2 amide bonds. The van der Waals surface area contributed by atoms with Crippen LogP contribution in [0.1, 0.15) is 11.1 Å². The molecule has 0 aliphatic heterocycles. The highest BCUT2D eigenvalue weighted by molar-refractivity contribution is 5.81. The van der Waals surface area contributed by atoms with E-state index in [1.165, 1.54) is 6.21 Å². The third kappa shape index (κ3) is 2.95. The zero-order valence-corrected chi connectivity index (χ0v) is 7.27. The number of nitriles is 1. The van der Waals surface area contributed by atoms with E-state index in [0.29, 0.717) is 5.56 Å². The van der Waals surface area contributed by atoms with Gasteiger partial charge in [-0.25, -0.2) is 10.2 Å². The maximum atomic E-state index is 10.2. The highest BCUT2D eigenvalue weighted by Crippen LogP contribution is 2.00. The molecule has 0 spiro atoms. The molecule has 0 radical (unpaired) electrons. The standard InChI is InChI=1S/C9H8N4O/c10-5-7-1-3-8(4-2-7)6-12-13-9(11)14/h1-4,6H,(H3,11,13,14)/b12-6-. The van der Waals surface area contributed by atoms with Gasteiger partial charge in [0.25, 0.3) is 0 Å². The van der Waals surface area contributed by atoms with Crippen molar-refractivity contribution in [2.75, 3.05) is 0 Å². The molecular formula is C9H8N4O. The van der Waals surface area contributed by atoms with E-state index in [0.717, 1.165) is 5.56 Å². The predicted molar refractivity (Wildman–Crippen MR) is 51.5 cm³/mol. The van der Waals surface area contributed by atoms with E-state index < -0.39 is 6.03 Å². The van der Waals surface area contributed by atoms with Crippen LogP contribution in [0.15, 0.2) is 29.4 Å². The van der Waals surface area contributed by atoms with E-state index in [2.05, 4.69) is 10.5 Å². The third-order valence-electron chi connectivity index (χ3n) is 1.43. The Labute approximate surface area is 80.8 Å². The van der Waals surface area contributed by atoms with Crippen molar-refractivity contribution in [2.24, 2.45) is 10.8 Å². The molecule has 0 fully saturated rings. The van der Waals surface area contributed by atoms with Gasteiger partial charge >= 0.3 is 6.03 Å². The molecule has 0 saturated carbocycles. The van der Waals surface area contributed by atoms with E-state index in [-0.39, 0.29) is 0 Å². The fourth-order valence-corrected chi connectivity index (χ4v) is 0.814. The summed E-state index contributed by atoms with van der Waals surface area (Å²) in [5, 5.41) is 12.1. The Morgan fingerprint density at radius 1 is 1.50 bits per heavy atom. The van der Waals surface area contributed by atoms with Gasteiger partial charge in [0.2, 0.25) is 0 Å². The Morgan fingerprint density at radius 2 is 2.14 bits per heavy atom. The first-order valence-electron chi connectivity index (χ1n) is 3.81. The number of urea groups is 1. The number of nitrogens with two attached hydrogens (primary N) is 1. The van der Waals surface area contributed by atoms with E-state index in [1.54, 1.807) is 24.3 Å². The summed E-state index contributed by atoms with van der Waals surface area (Å²) in [4.78, 5) is 10.2. The molecule has 0 heterocycles. The molecular weight excluding hydrogens is 180 g/mol. The van der Waals surface area contributed by atoms with Crippen molar-refractivity contribution in [1.82, 2.24) is 5.43 Å². The van der Waals surface area contributed by atoms with Crippen LogP contribution in [0.2, 0.25) is 0 Å². The molecule has 0 bridgehead atoms. The molecule has 1 rings (SSSR count). The number of nitrogens with zero attached hydrogens (tertiary/aromatic N) is 2. The van der Waals surface area contributed by atoms with Gasteiger partial charge in [-0.2, -0.15) is 10.4 Å². The number of hydrogen-bond acceptors (Lipinski definition) is 3. The summed E-state index contributed by atoms with van der Waals surface area (Å²) in [5.41, 5.74) is 8.21. The molecule has 70 valence electrons. The van der Waals surface area contributed by atoms with Crippen molar-refractivity contribution in [1.29, 1.82) is 5.26 Å². The van der Waals surface area contributed by atoms with Crippen molar-refractivity contribution < 1.29 is 4.79 Å². The Kier molecular flexibility index (Phi) is 3.21. The lowest BCUT2D eigenvalue weighted by Crippen LogP contribution is -2.24. The number of hydrazone groups is 1. The van der Waals surface area contributed by atoms with Gasteiger partial charge in [0.05, 0.1) is 17.8 Å². The number of carbonyl (C=O) groups excluding carboxylic acids is 1. The van der Waals surface area contributed by atoms with Crippen molar-refractivity contribution >= 4 is 12.2 Å². The van der Waals surface area contributed by atoms with E-state index in [4.69, 9.17) is 11.0 Å². The molecule has 0 aliphatic carbocycles. The summed E-state index contributed by atoms with van der Waals surface area (Å²) < 4.78 is 0. The third-order valence-corrected chi connectivity index (χ3v) is 1.43. The lowest BCUT2D eigenvalue weighted by Gasteiger charge is -1.93. The molecule has 1 aromatic carbocycles. The van der Waals surface area contributed by atoms with Gasteiger partial charge in [0.15, 0.2) is 0 Å². The summed E-state index contributed by atoms with van der Waals surface area (Å²) >= 11 is 0. The number of primary amides is 1. The highest BCUT2D eigenvalue weighted by Gasteiger charge is 1.90. The van der Waals surface area contributed by atoms with Crippen LogP contribution >= 0.6 is 0 Å². The average Bonchev–Trinajstić information content (AvgIpc) is 2.18. The fraction of sp³-hybridized carbons (Fsp3) is 0. The Hall–Kier alpha value is -2.35. The number of hydrogen-bond donors (Lipinski definition) is 2. The van der Waals surface area contributed by atoms with Gasteiger partial charge < -0.3 is 5.73 Å². The lowest BCUT2D eigenvalue weighted by molar-refractivity contribution is 0.249. The summed E-state index contributed by atoms with van der Waals surface area (Å²) in [7, 11) is 0. The number of nitrogens with one attached hydrogen (secondary N) is 1. The van der Waals surface area contributed by atoms with Crippen LogP contribution in [0.4, 0.5) is 4.79 Å². The Morgan fingerprint density at radius 3 is 2.64 bits per heavy atom. The topological polar surface area (TPSA) is 91.3 Å². The van der Waals surface area contributed by atoms with Crippen molar-refractivity contribution in [2.45, 2.75) is 0 Å². The maximum Gasteiger partial charge on any atom is 0.332 e. The van der Waals surface area contributed by atoms with Crippen LogP contribution in [-0.4, -0.2) is 12.2 Å². The first-order valence-corrected chi connectivity index (χ1v) is 3.81.